The van der Waals surface area contributed by atoms with Crippen molar-refractivity contribution in [1.82, 2.24) is 34.0 Å². The van der Waals surface area contributed by atoms with E-state index in [9.17, 15) is 0 Å². The van der Waals surface area contributed by atoms with Crippen LogP contribution in [-0.4, -0.2) is 34.0 Å². The lowest BCUT2D eigenvalue weighted by Crippen LogP contribution is -1.88. The SMILES string of the molecule is C=Cc1cc2cnccn2c1/C=C/c1ccc2c(/C=C/c3c(C=C)cc4cnccn34)nnc-2cn1. The van der Waals surface area contributed by atoms with E-state index in [-0.39, 0.29) is 0 Å². The fourth-order valence-electron chi connectivity index (χ4n) is 4.33. The van der Waals surface area contributed by atoms with Crippen molar-refractivity contribution in [3.8, 4) is 11.3 Å². The highest BCUT2D eigenvalue weighted by atomic mass is 15.1. The zero-order valence-corrected chi connectivity index (χ0v) is 19.4. The number of nitrogens with zero attached hydrogens (tertiary/aromatic N) is 7. The van der Waals surface area contributed by atoms with Crippen molar-refractivity contribution in [3.05, 3.63) is 115 Å². The summed E-state index contributed by atoms with van der Waals surface area (Å²) in [7, 11) is 0. The second kappa shape index (κ2) is 8.88. The standard InChI is InChI=1S/C29H21N7/c1-3-20-15-23-17-30-11-13-35(23)28(20)9-6-22-5-7-25-26(33-34-27(25)19-32-22)8-10-29-21(4-2)16-24-18-31-12-14-36(24)29/h3-19H,1-2H2/b9-6+,10-8+. The number of fused-ring (bicyclic) bond motifs is 3. The van der Waals surface area contributed by atoms with Gasteiger partial charge in [-0.15, -0.1) is 10.2 Å². The second-order valence-corrected chi connectivity index (χ2v) is 8.19. The third-order valence-electron chi connectivity index (χ3n) is 6.12. The smallest absolute Gasteiger partial charge is 0.113 e. The van der Waals surface area contributed by atoms with Gasteiger partial charge >= 0.3 is 0 Å². The van der Waals surface area contributed by atoms with E-state index < -0.39 is 0 Å². The highest BCUT2D eigenvalue weighted by molar-refractivity contribution is 5.82. The molecule has 7 nitrogen and oxygen atoms in total. The van der Waals surface area contributed by atoms with Crippen molar-refractivity contribution in [3.63, 3.8) is 0 Å². The maximum atomic E-state index is 4.61. The molecule has 0 spiro atoms. The van der Waals surface area contributed by atoms with E-state index in [1.165, 1.54) is 0 Å². The molecule has 0 aliphatic carbocycles. The van der Waals surface area contributed by atoms with Gasteiger partial charge < -0.3 is 8.80 Å². The maximum absolute atomic E-state index is 4.61. The molecule has 6 rings (SSSR count). The van der Waals surface area contributed by atoms with Gasteiger partial charge in [0.1, 0.15) is 5.69 Å². The van der Waals surface area contributed by atoms with Crippen molar-refractivity contribution in [2.45, 2.75) is 0 Å². The van der Waals surface area contributed by atoms with E-state index in [4.69, 9.17) is 0 Å². The molecule has 0 atom stereocenters. The topological polar surface area (TPSA) is 73.3 Å². The van der Waals surface area contributed by atoms with E-state index in [1.54, 1.807) is 18.6 Å². The summed E-state index contributed by atoms with van der Waals surface area (Å²) >= 11 is 0. The predicted octanol–water partition coefficient (Wildman–Crippen LogP) is 5.90. The van der Waals surface area contributed by atoms with Crippen molar-refractivity contribution < 1.29 is 0 Å². The molecule has 6 heterocycles. The molecular formula is C29H21N7. The summed E-state index contributed by atoms with van der Waals surface area (Å²) in [6.07, 6.45) is 24.5. The van der Waals surface area contributed by atoms with Crippen LogP contribution in [0.1, 0.15) is 33.9 Å². The molecule has 7 heteroatoms. The van der Waals surface area contributed by atoms with Gasteiger partial charge in [-0.05, 0) is 48.6 Å². The molecule has 0 bridgehead atoms. The normalized spacial score (nSPS) is 11.9. The number of rotatable bonds is 6. The summed E-state index contributed by atoms with van der Waals surface area (Å²) in [4.78, 5) is 13.0. The van der Waals surface area contributed by atoms with Crippen molar-refractivity contribution in [2.24, 2.45) is 0 Å². The van der Waals surface area contributed by atoms with Gasteiger partial charge in [0.2, 0.25) is 0 Å². The Morgan fingerprint density at radius 2 is 1.33 bits per heavy atom. The highest BCUT2D eigenvalue weighted by Gasteiger charge is 2.12. The van der Waals surface area contributed by atoms with Crippen molar-refractivity contribution >= 4 is 47.5 Å². The minimum atomic E-state index is 0.730. The summed E-state index contributed by atoms with van der Waals surface area (Å²) in [5.74, 6) is 0. The fourth-order valence-corrected chi connectivity index (χ4v) is 4.33. The third kappa shape index (κ3) is 3.69. The average Bonchev–Trinajstić information content (AvgIpc) is 3.55. The van der Waals surface area contributed by atoms with E-state index >= 15 is 0 Å². The lowest BCUT2D eigenvalue weighted by Gasteiger charge is -1.98. The minimum Gasteiger partial charge on any atom is -0.313 e. The van der Waals surface area contributed by atoms with Gasteiger partial charge in [0, 0.05) is 41.5 Å². The quantitative estimate of drug-likeness (QED) is 0.305. The van der Waals surface area contributed by atoms with Gasteiger partial charge in [-0.25, -0.2) is 0 Å². The summed E-state index contributed by atoms with van der Waals surface area (Å²) in [5.41, 5.74) is 9.33. The average molecular weight is 468 g/mol. The van der Waals surface area contributed by atoms with Crippen LogP contribution in [0.25, 0.3) is 58.7 Å². The van der Waals surface area contributed by atoms with Crippen molar-refractivity contribution in [1.29, 1.82) is 0 Å². The number of hydrogen-bond acceptors (Lipinski definition) is 5. The minimum absolute atomic E-state index is 0.730. The molecular weight excluding hydrogens is 446 g/mol. The number of hydrogen-bond donors (Lipinski definition) is 0. The Balaban J connectivity index is 1.34. The van der Waals surface area contributed by atoms with E-state index in [2.05, 4.69) is 59.2 Å². The second-order valence-electron chi connectivity index (χ2n) is 8.19. The van der Waals surface area contributed by atoms with Crippen LogP contribution in [0, 0.1) is 0 Å². The lowest BCUT2D eigenvalue weighted by atomic mass is 10.1. The zero-order chi connectivity index (χ0) is 24.5. The Hall–Kier alpha value is -5.17. The molecule has 36 heavy (non-hydrogen) atoms. The van der Waals surface area contributed by atoms with Crippen LogP contribution in [-0.2, 0) is 0 Å². The largest absolute Gasteiger partial charge is 0.313 e. The summed E-state index contributed by atoms with van der Waals surface area (Å²) in [5, 5.41) is 8.70. The first-order chi connectivity index (χ1) is 17.7. The summed E-state index contributed by atoms with van der Waals surface area (Å²) in [6.45, 7) is 7.88. The molecule has 2 aliphatic rings. The van der Waals surface area contributed by atoms with Crippen LogP contribution >= 0.6 is 0 Å². The van der Waals surface area contributed by atoms with Crippen LogP contribution in [0.2, 0.25) is 0 Å². The lowest BCUT2D eigenvalue weighted by molar-refractivity contribution is 1.08. The van der Waals surface area contributed by atoms with E-state index in [1.807, 2.05) is 73.4 Å². The van der Waals surface area contributed by atoms with E-state index in [0.717, 1.165) is 56.2 Å². The molecule has 0 fully saturated rings. The van der Waals surface area contributed by atoms with Gasteiger partial charge in [-0.1, -0.05) is 25.3 Å². The molecule has 0 amide bonds. The molecule has 2 aliphatic heterocycles. The Labute approximate surface area is 207 Å². The molecule has 0 saturated carbocycles. The Morgan fingerprint density at radius 3 is 1.97 bits per heavy atom. The van der Waals surface area contributed by atoms with Gasteiger partial charge in [0.15, 0.2) is 0 Å². The highest BCUT2D eigenvalue weighted by Crippen LogP contribution is 2.26. The molecule has 0 N–H and O–H groups in total. The predicted molar refractivity (Wildman–Crippen MR) is 145 cm³/mol. The molecule has 0 unspecified atom stereocenters. The molecule has 172 valence electrons. The van der Waals surface area contributed by atoms with Gasteiger partial charge in [-0.3, -0.25) is 15.0 Å². The molecule has 4 aromatic rings. The Morgan fingerprint density at radius 1 is 0.694 bits per heavy atom. The number of aromatic nitrogens is 7. The summed E-state index contributed by atoms with van der Waals surface area (Å²) in [6, 6.07) is 8.09. The zero-order valence-electron chi connectivity index (χ0n) is 19.4. The van der Waals surface area contributed by atoms with Crippen LogP contribution in [0.4, 0.5) is 0 Å². The molecule has 0 aromatic carbocycles. The van der Waals surface area contributed by atoms with E-state index in [0.29, 0.717) is 0 Å². The molecule has 0 radical (unpaired) electrons. The van der Waals surface area contributed by atoms with Crippen LogP contribution in [0.15, 0.2) is 80.8 Å². The molecule has 0 saturated heterocycles. The van der Waals surface area contributed by atoms with Crippen LogP contribution < -0.4 is 0 Å². The Bertz CT molecular complexity index is 1780. The maximum Gasteiger partial charge on any atom is 0.113 e. The third-order valence-corrected chi connectivity index (χ3v) is 6.12. The van der Waals surface area contributed by atoms with Gasteiger partial charge in [0.05, 0.1) is 52.4 Å². The fraction of sp³-hybridized carbons (Fsp3) is 0. The first kappa shape index (κ1) is 21.4. The van der Waals surface area contributed by atoms with Gasteiger partial charge in [-0.2, -0.15) is 0 Å². The van der Waals surface area contributed by atoms with Crippen LogP contribution in [0.5, 0.6) is 0 Å². The van der Waals surface area contributed by atoms with Crippen LogP contribution in [0.3, 0.4) is 0 Å². The Kier molecular flexibility index (Phi) is 5.27. The first-order valence-electron chi connectivity index (χ1n) is 11.4. The molecule has 4 aromatic heterocycles. The monoisotopic (exact) mass is 467 g/mol. The first-order valence-corrected chi connectivity index (χ1v) is 11.4. The van der Waals surface area contributed by atoms with Gasteiger partial charge in [0.25, 0.3) is 0 Å². The summed E-state index contributed by atoms with van der Waals surface area (Å²) < 4.78 is 4.15. The van der Waals surface area contributed by atoms with Crippen molar-refractivity contribution in [2.75, 3.05) is 0 Å².